The van der Waals surface area contributed by atoms with Crippen molar-refractivity contribution in [1.29, 1.82) is 0 Å². The number of nitrogens with one attached hydrogen (secondary N) is 1. The van der Waals surface area contributed by atoms with Crippen LogP contribution in [0.15, 0.2) is 17.2 Å². The van der Waals surface area contributed by atoms with Crippen LogP contribution in [-0.4, -0.2) is 32.2 Å². The maximum Gasteiger partial charge on any atom is 0.348 e. The van der Waals surface area contributed by atoms with Crippen LogP contribution >= 0.6 is 0 Å². The molecule has 0 saturated heterocycles. The van der Waals surface area contributed by atoms with Gasteiger partial charge in [-0.3, -0.25) is 0 Å². The lowest BCUT2D eigenvalue weighted by Gasteiger charge is -2.33. The van der Waals surface area contributed by atoms with E-state index in [1.54, 1.807) is 6.07 Å². The molecule has 0 unspecified atom stereocenters. The fourth-order valence-corrected chi connectivity index (χ4v) is 1.99. The minimum absolute atomic E-state index is 0.184. The van der Waals surface area contributed by atoms with Gasteiger partial charge in [0.25, 0.3) is 0 Å². The van der Waals surface area contributed by atoms with Crippen molar-refractivity contribution < 1.29 is 4.74 Å². The molecule has 1 aliphatic rings. The summed E-state index contributed by atoms with van der Waals surface area (Å²) in [4.78, 5) is 15.3. The zero-order valence-electron chi connectivity index (χ0n) is 9.17. The third kappa shape index (κ3) is 1.78. The van der Waals surface area contributed by atoms with Crippen LogP contribution in [0.25, 0.3) is 5.65 Å². The molecule has 2 aromatic rings. The van der Waals surface area contributed by atoms with Gasteiger partial charge < -0.3 is 10.5 Å². The molecule has 2 heterocycles. The monoisotopic (exact) mass is 235 g/mol. The van der Waals surface area contributed by atoms with Gasteiger partial charge in [0.1, 0.15) is 12.4 Å². The molecular formula is C10H13N5O2. The number of hydrogen-bond donors (Lipinski definition) is 2. The van der Waals surface area contributed by atoms with E-state index in [9.17, 15) is 4.79 Å². The largest absolute Gasteiger partial charge is 0.474 e. The lowest BCUT2D eigenvalue weighted by molar-refractivity contribution is 0.0648. The minimum Gasteiger partial charge on any atom is -0.474 e. The average Bonchev–Trinajstić information content (AvgIpc) is 2.65. The molecule has 0 radical (unpaired) electrons. The van der Waals surface area contributed by atoms with Crippen LogP contribution in [0.2, 0.25) is 0 Å². The van der Waals surface area contributed by atoms with Gasteiger partial charge >= 0.3 is 5.69 Å². The summed E-state index contributed by atoms with van der Waals surface area (Å²) in [5.74, 6) is 1.06. The number of H-pyrrole nitrogens is 1. The van der Waals surface area contributed by atoms with E-state index in [0.29, 0.717) is 24.0 Å². The van der Waals surface area contributed by atoms with Crippen molar-refractivity contribution in [1.82, 2.24) is 19.6 Å². The van der Waals surface area contributed by atoms with Crippen molar-refractivity contribution in [3.05, 3.63) is 22.9 Å². The lowest BCUT2D eigenvalue weighted by atomic mass is 9.82. The van der Waals surface area contributed by atoms with E-state index in [-0.39, 0.29) is 11.8 Å². The second-order valence-corrected chi connectivity index (χ2v) is 4.30. The molecule has 1 aliphatic carbocycles. The number of aromatic amines is 1. The molecule has 7 nitrogen and oxygen atoms in total. The summed E-state index contributed by atoms with van der Waals surface area (Å²) in [6, 6.07) is 1.65. The highest BCUT2D eigenvalue weighted by Gasteiger charge is 2.29. The second-order valence-electron chi connectivity index (χ2n) is 4.30. The summed E-state index contributed by atoms with van der Waals surface area (Å²) in [6.07, 6.45) is 3.53. The summed E-state index contributed by atoms with van der Waals surface area (Å²) < 4.78 is 6.99. The fraction of sp³-hybridized carbons (Fsp3) is 0.500. The first-order chi connectivity index (χ1) is 8.26. The van der Waals surface area contributed by atoms with Gasteiger partial charge in [-0.15, -0.1) is 0 Å². The van der Waals surface area contributed by atoms with Crippen molar-refractivity contribution >= 4 is 5.65 Å². The van der Waals surface area contributed by atoms with Crippen LogP contribution in [-0.2, 0) is 0 Å². The Bertz CT molecular complexity index is 584. The molecule has 1 saturated carbocycles. The van der Waals surface area contributed by atoms with E-state index in [1.165, 1.54) is 10.7 Å². The van der Waals surface area contributed by atoms with Crippen LogP contribution in [0.1, 0.15) is 12.8 Å². The molecule has 90 valence electrons. The molecule has 0 spiro atoms. The van der Waals surface area contributed by atoms with Gasteiger partial charge in [0.2, 0.25) is 5.88 Å². The third-order valence-electron chi connectivity index (χ3n) is 3.10. The van der Waals surface area contributed by atoms with Crippen molar-refractivity contribution in [3.8, 4) is 5.88 Å². The van der Waals surface area contributed by atoms with Crippen LogP contribution in [0.4, 0.5) is 0 Å². The molecule has 0 aromatic carbocycles. The Morgan fingerprint density at radius 2 is 2.41 bits per heavy atom. The SMILES string of the molecule is NCC1CC(Oc2cc3n[nH]c(=O)n3cn2)C1. The van der Waals surface area contributed by atoms with Gasteiger partial charge in [-0.05, 0) is 25.3 Å². The molecular weight excluding hydrogens is 222 g/mol. The van der Waals surface area contributed by atoms with Crippen molar-refractivity contribution in [2.75, 3.05) is 6.54 Å². The number of nitrogens with two attached hydrogens (primary N) is 1. The Hall–Kier alpha value is -1.89. The van der Waals surface area contributed by atoms with Crippen LogP contribution in [0.5, 0.6) is 5.88 Å². The van der Waals surface area contributed by atoms with Gasteiger partial charge in [-0.25, -0.2) is 19.3 Å². The summed E-state index contributed by atoms with van der Waals surface area (Å²) in [5, 5.41) is 6.19. The summed E-state index contributed by atoms with van der Waals surface area (Å²) in [5.41, 5.74) is 5.75. The molecule has 1 fully saturated rings. The Kier molecular flexibility index (Phi) is 2.32. The molecule has 17 heavy (non-hydrogen) atoms. The van der Waals surface area contributed by atoms with Crippen molar-refractivity contribution in [2.45, 2.75) is 18.9 Å². The molecule has 0 aliphatic heterocycles. The van der Waals surface area contributed by atoms with Crippen LogP contribution < -0.4 is 16.2 Å². The molecule has 0 bridgehead atoms. The van der Waals surface area contributed by atoms with Gasteiger partial charge in [-0.1, -0.05) is 0 Å². The number of ether oxygens (including phenoxy) is 1. The van der Waals surface area contributed by atoms with Gasteiger partial charge in [-0.2, -0.15) is 5.10 Å². The van der Waals surface area contributed by atoms with Crippen molar-refractivity contribution in [3.63, 3.8) is 0 Å². The quantitative estimate of drug-likeness (QED) is 0.749. The number of aromatic nitrogens is 4. The topological polar surface area (TPSA) is 98.3 Å². The molecule has 7 heteroatoms. The number of rotatable bonds is 3. The first-order valence-corrected chi connectivity index (χ1v) is 5.56. The molecule has 0 amide bonds. The van der Waals surface area contributed by atoms with E-state index in [0.717, 1.165) is 12.8 Å². The highest BCUT2D eigenvalue weighted by Crippen LogP contribution is 2.29. The summed E-state index contributed by atoms with van der Waals surface area (Å²) in [6.45, 7) is 0.709. The first-order valence-electron chi connectivity index (χ1n) is 5.56. The molecule has 3 N–H and O–H groups in total. The zero-order chi connectivity index (χ0) is 11.8. The van der Waals surface area contributed by atoms with Crippen molar-refractivity contribution in [2.24, 2.45) is 11.7 Å². The van der Waals surface area contributed by atoms with Gasteiger partial charge in [0.05, 0.1) is 0 Å². The maximum absolute atomic E-state index is 11.2. The van der Waals surface area contributed by atoms with E-state index in [4.69, 9.17) is 10.5 Å². The molecule has 3 rings (SSSR count). The minimum atomic E-state index is -0.300. The molecule has 2 aromatic heterocycles. The average molecular weight is 235 g/mol. The number of fused-ring (bicyclic) bond motifs is 1. The van der Waals surface area contributed by atoms with E-state index in [2.05, 4.69) is 15.2 Å². The second kappa shape index (κ2) is 3.85. The van der Waals surface area contributed by atoms with E-state index >= 15 is 0 Å². The zero-order valence-corrected chi connectivity index (χ0v) is 9.17. The standard InChI is InChI=1S/C10H13N5O2/c11-4-6-1-7(2-6)17-9-3-8-13-14-10(16)15(8)5-12-9/h3,5-7H,1-2,4,11H2,(H,14,16). The summed E-state index contributed by atoms with van der Waals surface area (Å²) in [7, 11) is 0. The summed E-state index contributed by atoms with van der Waals surface area (Å²) >= 11 is 0. The van der Waals surface area contributed by atoms with E-state index < -0.39 is 0 Å². The van der Waals surface area contributed by atoms with Gasteiger partial charge in [0, 0.05) is 6.07 Å². The number of nitrogens with zero attached hydrogens (tertiary/aromatic N) is 3. The smallest absolute Gasteiger partial charge is 0.348 e. The Labute approximate surface area is 96.6 Å². The highest BCUT2D eigenvalue weighted by atomic mass is 16.5. The Balaban J connectivity index is 1.76. The third-order valence-corrected chi connectivity index (χ3v) is 3.10. The fourth-order valence-electron chi connectivity index (χ4n) is 1.99. The molecule has 0 atom stereocenters. The first kappa shape index (κ1) is 10.3. The van der Waals surface area contributed by atoms with Crippen LogP contribution in [0.3, 0.4) is 0 Å². The van der Waals surface area contributed by atoms with Gasteiger partial charge in [0.15, 0.2) is 5.65 Å². The Morgan fingerprint density at radius 1 is 1.59 bits per heavy atom. The highest BCUT2D eigenvalue weighted by molar-refractivity contribution is 5.39. The predicted octanol–water partition coefficient (Wildman–Crippen LogP) is -0.466. The van der Waals surface area contributed by atoms with Crippen LogP contribution in [0, 0.1) is 5.92 Å². The maximum atomic E-state index is 11.2. The predicted molar refractivity (Wildman–Crippen MR) is 59.8 cm³/mol. The lowest BCUT2D eigenvalue weighted by Crippen LogP contribution is -2.37. The number of hydrogen-bond acceptors (Lipinski definition) is 5. The Morgan fingerprint density at radius 3 is 3.18 bits per heavy atom. The van der Waals surface area contributed by atoms with E-state index in [1.807, 2.05) is 0 Å². The normalized spacial score (nSPS) is 23.6.